The van der Waals surface area contributed by atoms with Crippen LogP contribution in [-0.4, -0.2) is 26.7 Å². The van der Waals surface area contributed by atoms with Crippen LogP contribution in [0.15, 0.2) is 24.9 Å². The Labute approximate surface area is 144 Å². The molecule has 0 radical (unpaired) electrons. The Hall–Kier alpha value is -2.72. The van der Waals surface area contributed by atoms with Crippen LogP contribution in [0.4, 0.5) is 0 Å². The van der Waals surface area contributed by atoms with E-state index in [0.29, 0.717) is 23.6 Å². The third-order valence-corrected chi connectivity index (χ3v) is 4.76. The van der Waals surface area contributed by atoms with Crippen molar-refractivity contribution in [2.24, 2.45) is 5.73 Å². The summed E-state index contributed by atoms with van der Waals surface area (Å²) >= 11 is 6.36. The smallest absolute Gasteiger partial charge is 0.275 e. The molecule has 1 aromatic carbocycles. The van der Waals surface area contributed by atoms with Gasteiger partial charge in [0.15, 0.2) is 0 Å². The van der Waals surface area contributed by atoms with Crippen LogP contribution in [-0.2, 0) is 12.9 Å². The summed E-state index contributed by atoms with van der Waals surface area (Å²) < 4.78 is 1.93. The van der Waals surface area contributed by atoms with Gasteiger partial charge in [-0.15, -0.1) is 0 Å². The highest BCUT2D eigenvalue weighted by Crippen LogP contribution is 2.35. The van der Waals surface area contributed by atoms with Gasteiger partial charge in [0.05, 0.1) is 16.7 Å². The molecule has 2 aromatic heterocycles. The van der Waals surface area contributed by atoms with Crippen molar-refractivity contribution in [1.82, 2.24) is 20.0 Å². The van der Waals surface area contributed by atoms with Crippen molar-refractivity contribution >= 4 is 34.9 Å². The van der Waals surface area contributed by atoms with Gasteiger partial charge in [-0.1, -0.05) is 18.2 Å². The second-order valence-corrected chi connectivity index (χ2v) is 6.44. The lowest BCUT2D eigenvalue weighted by Gasteiger charge is -2.16. The van der Waals surface area contributed by atoms with Gasteiger partial charge in [0.2, 0.25) is 0 Å². The van der Waals surface area contributed by atoms with Gasteiger partial charge < -0.3 is 5.73 Å². The molecule has 1 aliphatic rings. The molecule has 6 nitrogen and oxygen atoms in total. The molecular formula is C16H14BClN6. The third-order valence-electron chi connectivity index (χ3n) is 4.46. The van der Waals surface area contributed by atoms with E-state index >= 15 is 0 Å². The van der Waals surface area contributed by atoms with Gasteiger partial charge in [0.25, 0.3) is 6.71 Å². The molecule has 0 aliphatic carbocycles. The zero-order valence-corrected chi connectivity index (χ0v) is 13.6. The summed E-state index contributed by atoms with van der Waals surface area (Å²) in [5.41, 5.74) is 10.7. The molecule has 4 rings (SSSR count). The van der Waals surface area contributed by atoms with Crippen LogP contribution in [0.3, 0.4) is 0 Å². The molecule has 0 unspecified atom stereocenters. The molecule has 1 aliphatic heterocycles. The van der Waals surface area contributed by atoms with Crippen LogP contribution in [0.1, 0.15) is 11.3 Å². The lowest BCUT2D eigenvalue weighted by molar-refractivity contribution is 0.616. The van der Waals surface area contributed by atoms with E-state index in [-0.39, 0.29) is 6.71 Å². The highest BCUT2D eigenvalue weighted by Gasteiger charge is 2.29. The number of aromatic amines is 1. The first-order valence-electron chi connectivity index (χ1n) is 7.65. The quantitative estimate of drug-likeness (QED) is 0.703. The third kappa shape index (κ3) is 2.19. The fourth-order valence-corrected chi connectivity index (χ4v) is 3.57. The highest BCUT2D eigenvalue weighted by atomic mass is 35.5. The second-order valence-electron chi connectivity index (χ2n) is 6.03. The van der Waals surface area contributed by atoms with E-state index < -0.39 is 0 Å². The molecule has 24 heavy (non-hydrogen) atoms. The molecule has 0 saturated carbocycles. The first kappa shape index (κ1) is 14.9. The van der Waals surface area contributed by atoms with Crippen molar-refractivity contribution in [2.75, 3.05) is 0 Å². The van der Waals surface area contributed by atoms with Crippen LogP contribution in [0.25, 0.3) is 27.9 Å². The van der Waals surface area contributed by atoms with Crippen molar-refractivity contribution in [2.45, 2.75) is 19.2 Å². The minimum Gasteiger partial charge on any atom is -0.399 e. The first-order chi connectivity index (χ1) is 11.6. The van der Waals surface area contributed by atoms with Gasteiger partial charge >= 0.3 is 0 Å². The summed E-state index contributed by atoms with van der Waals surface area (Å²) in [5.74, 6) is 2.34. The summed E-state index contributed by atoms with van der Waals surface area (Å²) in [6, 6.07) is 3.83. The summed E-state index contributed by atoms with van der Waals surface area (Å²) in [6.07, 6.45) is 3.16. The maximum absolute atomic E-state index is 9.24. The Morgan fingerprint density at radius 1 is 1.50 bits per heavy atom. The zero-order valence-electron chi connectivity index (χ0n) is 12.9. The van der Waals surface area contributed by atoms with Crippen molar-refractivity contribution < 1.29 is 0 Å². The number of H-pyrrole nitrogens is 1. The van der Waals surface area contributed by atoms with E-state index in [1.807, 2.05) is 16.8 Å². The van der Waals surface area contributed by atoms with Gasteiger partial charge in [-0.25, -0.2) is 5.26 Å². The molecule has 3 heterocycles. The molecule has 3 aromatic rings. The number of nitrogens with one attached hydrogen (secondary N) is 1. The van der Waals surface area contributed by atoms with E-state index in [4.69, 9.17) is 22.4 Å². The van der Waals surface area contributed by atoms with Gasteiger partial charge in [0.1, 0.15) is 5.69 Å². The van der Waals surface area contributed by atoms with E-state index in [1.54, 1.807) is 6.20 Å². The molecule has 0 amide bonds. The summed E-state index contributed by atoms with van der Waals surface area (Å²) in [7, 11) is 0. The number of halogens is 1. The largest absolute Gasteiger partial charge is 0.399 e. The summed E-state index contributed by atoms with van der Waals surface area (Å²) in [4.78, 5) is 0. The van der Waals surface area contributed by atoms with E-state index in [9.17, 15) is 5.26 Å². The SMILES string of the molecule is C=C(N)c1c(-c2cc(Cl)c3[nH]ncc3c2)nn2c1CB(C#N)CC2. The number of rotatable bonds is 2. The van der Waals surface area contributed by atoms with E-state index in [0.717, 1.165) is 39.7 Å². The highest BCUT2D eigenvalue weighted by molar-refractivity contribution is 6.66. The normalized spacial score (nSPS) is 13.8. The predicted octanol–water partition coefficient (Wildman–Crippen LogP) is 2.66. The van der Waals surface area contributed by atoms with Gasteiger partial charge in [0, 0.05) is 40.4 Å². The van der Waals surface area contributed by atoms with E-state index in [1.165, 1.54) is 0 Å². The van der Waals surface area contributed by atoms with Gasteiger partial charge in [-0.05, 0) is 24.8 Å². The Bertz CT molecular complexity index is 1010. The number of benzene rings is 1. The average Bonchev–Trinajstić information content (AvgIpc) is 3.18. The van der Waals surface area contributed by atoms with Crippen molar-refractivity contribution in [1.29, 1.82) is 5.26 Å². The predicted molar refractivity (Wildman–Crippen MR) is 95.4 cm³/mol. The molecule has 0 bridgehead atoms. The Morgan fingerprint density at radius 3 is 3.08 bits per heavy atom. The zero-order chi connectivity index (χ0) is 16.8. The van der Waals surface area contributed by atoms with Crippen molar-refractivity contribution in [3.8, 4) is 17.2 Å². The van der Waals surface area contributed by atoms with Crippen LogP contribution in [0, 0.1) is 11.2 Å². The van der Waals surface area contributed by atoms with Crippen molar-refractivity contribution in [3.05, 3.63) is 41.2 Å². The maximum Gasteiger partial charge on any atom is 0.275 e. The van der Waals surface area contributed by atoms with Crippen molar-refractivity contribution in [3.63, 3.8) is 0 Å². The molecular weight excluding hydrogens is 322 g/mol. The average molecular weight is 337 g/mol. The van der Waals surface area contributed by atoms with Gasteiger partial charge in [-0.3, -0.25) is 9.78 Å². The maximum atomic E-state index is 9.24. The number of aryl methyl sites for hydroxylation is 1. The molecule has 118 valence electrons. The number of hydrogen-bond acceptors (Lipinski definition) is 4. The fraction of sp³-hybridized carbons (Fsp3) is 0.188. The summed E-state index contributed by atoms with van der Waals surface area (Å²) in [6.45, 7) is 4.60. The van der Waals surface area contributed by atoms with Crippen LogP contribution >= 0.6 is 11.6 Å². The number of hydrogen-bond donors (Lipinski definition) is 2. The number of nitrogens with two attached hydrogens (primary N) is 1. The van der Waals surface area contributed by atoms with Crippen LogP contribution in [0.5, 0.6) is 0 Å². The number of nitriles is 1. The topological polar surface area (TPSA) is 96.3 Å². The van der Waals surface area contributed by atoms with E-state index in [2.05, 4.69) is 22.7 Å². The molecule has 3 N–H and O–H groups in total. The minimum atomic E-state index is -0.0138. The first-order valence-corrected chi connectivity index (χ1v) is 8.03. The minimum absolute atomic E-state index is 0.0138. The summed E-state index contributed by atoms with van der Waals surface area (Å²) in [5, 5.41) is 22.4. The number of fused-ring (bicyclic) bond motifs is 2. The Morgan fingerprint density at radius 2 is 2.33 bits per heavy atom. The standard InChI is InChI=1S/C16H14BClN6/c1-9(20)14-13-6-17(8-19)2-3-24(13)23-16(14)10-4-11-7-21-22-15(11)12(18)5-10/h4-5,7H,1-3,6,20H2,(H,21,22). The lowest BCUT2D eigenvalue weighted by Crippen LogP contribution is -2.26. The number of nitrogens with zero attached hydrogens (tertiary/aromatic N) is 4. The fourth-order valence-electron chi connectivity index (χ4n) is 3.30. The molecule has 0 fully saturated rings. The molecule has 0 atom stereocenters. The van der Waals surface area contributed by atoms with Crippen LogP contribution in [0.2, 0.25) is 11.3 Å². The van der Waals surface area contributed by atoms with Gasteiger partial charge in [-0.2, -0.15) is 10.2 Å². The number of aromatic nitrogens is 4. The monoisotopic (exact) mass is 336 g/mol. The Balaban J connectivity index is 1.93. The lowest BCUT2D eigenvalue weighted by atomic mass is 9.44. The molecule has 8 heteroatoms. The Kier molecular flexibility index (Phi) is 3.36. The second kappa shape index (κ2) is 5.43. The molecule has 0 spiro atoms. The molecule has 0 saturated heterocycles. The van der Waals surface area contributed by atoms with Crippen LogP contribution < -0.4 is 5.73 Å².